The fourth-order valence-electron chi connectivity index (χ4n) is 5.19. The van der Waals surface area contributed by atoms with E-state index < -0.39 is 54.4 Å². The molecule has 0 N–H and O–H groups in total. The smallest absolute Gasteiger partial charge is 0.303 e. The number of carbonyl (C=O) groups is 5. The number of halogens is 1. The monoisotopic (exact) mass is 600 g/mol. The molecule has 5 atom stereocenters. The van der Waals surface area contributed by atoms with Gasteiger partial charge in [0.1, 0.15) is 25.1 Å². The Morgan fingerprint density at radius 2 is 1.45 bits per heavy atom. The van der Waals surface area contributed by atoms with Gasteiger partial charge in [-0.2, -0.15) is 0 Å². The Bertz CT molecular complexity index is 1350. The van der Waals surface area contributed by atoms with Gasteiger partial charge in [0.25, 0.3) is 0 Å². The first-order chi connectivity index (χ1) is 19.9. The number of aldehydes is 1. The second-order valence-electron chi connectivity index (χ2n) is 10.6. The first-order valence-electron chi connectivity index (χ1n) is 13.6. The predicted molar refractivity (Wildman–Crippen MR) is 149 cm³/mol. The van der Waals surface area contributed by atoms with Crippen LogP contribution in [0.2, 0.25) is 5.02 Å². The summed E-state index contributed by atoms with van der Waals surface area (Å²) >= 11 is 6.58. The molecule has 1 aliphatic heterocycles. The topological polar surface area (TPSA) is 132 Å². The normalized spacial score (nSPS) is 24.2. The Kier molecular flexibility index (Phi) is 9.68. The fourth-order valence-corrected chi connectivity index (χ4v) is 5.37. The number of benzene rings is 2. The van der Waals surface area contributed by atoms with Crippen molar-refractivity contribution in [3.8, 4) is 0 Å². The second-order valence-corrected chi connectivity index (χ2v) is 11.0. The van der Waals surface area contributed by atoms with Gasteiger partial charge < -0.3 is 28.5 Å². The summed E-state index contributed by atoms with van der Waals surface area (Å²) in [7, 11) is 0. The molecule has 0 spiro atoms. The number of hydrogen-bond donors (Lipinski definition) is 0. The molecule has 1 saturated carbocycles. The van der Waals surface area contributed by atoms with Crippen molar-refractivity contribution in [1.29, 1.82) is 0 Å². The molecule has 11 heteroatoms. The van der Waals surface area contributed by atoms with E-state index >= 15 is 0 Å². The first-order valence-corrected chi connectivity index (χ1v) is 13.9. The molecule has 0 aromatic heterocycles. The number of hydrogen-bond acceptors (Lipinski definition) is 10. The van der Waals surface area contributed by atoms with Crippen molar-refractivity contribution in [1.82, 2.24) is 0 Å². The van der Waals surface area contributed by atoms with Crippen molar-refractivity contribution in [2.24, 2.45) is 0 Å². The van der Waals surface area contributed by atoms with Gasteiger partial charge >= 0.3 is 23.9 Å². The van der Waals surface area contributed by atoms with E-state index in [0.717, 1.165) is 35.8 Å². The van der Waals surface area contributed by atoms with Crippen molar-refractivity contribution in [3.63, 3.8) is 0 Å². The summed E-state index contributed by atoms with van der Waals surface area (Å²) in [5, 5.41) is 0.486. The van der Waals surface area contributed by atoms with Crippen LogP contribution < -0.4 is 0 Å². The Hall–Kier alpha value is -3.76. The van der Waals surface area contributed by atoms with E-state index in [1.807, 2.05) is 24.3 Å². The molecule has 1 saturated heterocycles. The molecule has 0 amide bonds. The Balaban J connectivity index is 1.69. The van der Waals surface area contributed by atoms with E-state index in [9.17, 15) is 24.0 Å². The molecule has 42 heavy (non-hydrogen) atoms. The lowest BCUT2D eigenvalue weighted by atomic mass is 9.89. The second kappa shape index (κ2) is 13.0. The minimum atomic E-state index is -1.27. The highest BCUT2D eigenvalue weighted by Crippen LogP contribution is 2.46. The maximum absolute atomic E-state index is 12.2. The SMILES string of the molecule is CC(=O)OC[C@H]1O[C@@H](c2ccc(Cl)c(Cc3ccc(C4(C=O)CC4)cc3)c2)[C@H](OC(C)=O)[C@@H](OC(C)=O)[C@@H]1OC(C)=O. The van der Waals surface area contributed by atoms with Crippen LogP contribution in [0.25, 0.3) is 0 Å². The highest BCUT2D eigenvalue weighted by molar-refractivity contribution is 6.31. The van der Waals surface area contributed by atoms with Gasteiger partial charge in [-0.25, -0.2) is 0 Å². The molecule has 2 aromatic rings. The standard InChI is InChI=1S/C31H33ClO10/c1-17(34)38-15-26-28(39-18(2)35)30(41-20(4)37)29(40-19(3)36)27(42-26)22-7-10-25(32)23(14-22)13-21-5-8-24(9-6-21)31(16-33)11-12-31/h5-10,14,16,26-30H,11-13,15H2,1-4H3/t26-,27+,28-,29+,30+/m1/s1. The molecule has 0 unspecified atom stereocenters. The maximum Gasteiger partial charge on any atom is 0.303 e. The zero-order chi connectivity index (χ0) is 30.6. The average Bonchev–Trinajstić information content (AvgIpc) is 3.72. The van der Waals surface area contributed by atoms with Gasteiger partial charge in [-0.1, -0.05) is 48.0 Å². The largest absolute Gasteiger partial charge is 0.463 e. The molecular formula is C31H33ClO10. The molecule has 2 aliphatic rings. The van der Waals surface area contributed by atoms with Crippen LogP contribution in [0.4, 0.5) is 0 Å². The minimum Gasteiger partial charge on any atom is -0.463 e. The first kappa shape index (κ1) is 31.2. The summed E-state index contributed by atoms with van der Waals surface area (Å²) in [6, 6.07) is 13.0. The van der Waals surface area contributed by atoms with Crippen molar-refractivity contribution < 1.29 is 47.7 Å². The van der Waals surface area contributed by atoms with Crippen LogP contribution in [0.3, 0.4) is 0 Å². The van der Waals surface area contributed by atoms with E-state index in [2.05, 4.69) is 0 Å². The molecular weight excluding hydrogens is 568 g/mol. The van der Waals surface area contributed by atoms with Gasteiger partial charge in [0, 0.05) is 32.7 Å². The van der Waals surface area contributed by atoms with Gasteiger partial charge in [-0.05, 0) is 47.6 Å². The van der Waals surface area contributed by atoms with E-state index in [0.29, 0.717) is 17.0 Å². The summed E-state index contributed by atoms with van der Waals surface area (Å²) in [6.45, 7) is 4.44. The lowest BCUT2D eigenvalue weighted by Crippen LogP contribution is -2.59. The lowest BCUT2D eigenvalue weighted by Gasteiger charge is -2.44. The van der Waals surface area contributed by atoms with Crippen molar-refractivity contribution in [2.75, 3.05) is 6.61 Å². The van der Waals surface area contributed by atoms with Crippen LogP contribution >= 0.6 is 11.6 Å². The van der Waals surface area contributed by atoms with Gasteiger partial charge in [0.2, 0.25) is 0 Å². The number of rotatable bonds is 10. The molecule has 4 rings (SSSR count). The molecule has 10 nitrogen and oxygen atoms in total. The van der Waals surface area contributed by atoms with Crippen molar-refractivity contribution >= 4 is 41.8 Å². The summed E-state index contributed by atoms with van der Waals surface area (Å²) in [6.07, 6.45) is -2.63. The molecule has 2 fully saturated rings. The average molecular weight is 601 g/mol. The van der Waals surface area contributed by atoms with Gasteiger partial charge in [-0.15, -0.1) is 0 Å². The van der Waals surface area contributed by atoms with Gasteiger partial charge in [0.05, 0.1) is 5.41 Å². The molecule has 224 valence electrons. The quantitative estimate of drug-likeness (QED) is 0.224. The summed E-state index contributed by atoms with van der Waals surface area (Å²) in [5.74, 6) is -2.68. The molecule has 1 aliphatic carbocycles. The summed E-state index contributed by atoms with van der Waals surface area (Å²) in [4.78, 5) is 59.4. The third-order valence-corrected chi connectivity index (χ3v) is 7.70. The van der Waals surface area contributed by atoms with Crippen LogP contribution in [0.15, 0.2) is 42.5 Å². The van der Waals surface area contributed by atoms with Crippen molar-refractivity contribution in [2.45, 2.75) is 82.9 Å². The van der Waals surface area contributed by atoms with E-state index in [4.69, 9.17) is 35.3 Å². The Morgan fingerprint density at radius 1 is 0.857 bits per heavy atom. The van der Waals surface area contributed by atoms with Crippen LogP contribution in [0, 0.1) is 0 Å². The molecule has 2 aromatic carbocycles. The molecule has 0 bridgehead atoms. The zero-order valence-electron chi connectivity index (χ0n) is 23.8. The van der Waals surface area contributed by atoms with Crippen molar-refractivity contribution in [3.05, 3.63) is 69.7 Å². The van der Waals surface area contributed by atoms with Crippen LogP contribution in [0.5, 0.6) is 0 Å². The summed E-state index contributed by atoms with van der Waals surface area (Å²) in [5.41, 5.74) is 2.86. The summed E-state index contributed by atoms with van der Waals surface area (Å²) < 4.78 is 28.0. The van der Waals surface area contributed by atoms with Crippen LogP contribution in [-0.4, -0.2) is 61.2 Å². The Morgan fingerprint density at radius 3 is 2.00 bits per heavy atom. The van der Waals surface area contributed by atoms with Gasteiger partial charge in [0.15, 0.2) is 18.3 Å². The Labute approximate surface area is 248 Å². The maximum atomic E-state index is 12.2. The van der Waals surface area contributed by atoms with Gasteiger partial charge in [-0.3, -0.25) is 19.2 Å². The van der Waals surface area contributed by atoms with E-state index in [-0.39, 0.29) is 12.0 Å². The number of ether oxygens (including phenoxy) is 5. The highest BCUT2D eigenvalue weighted by Gasteiger charge is 2.52. The van der Waals surface area contributed by atoms with Crippen LogP contribution in [-0.2, 0) is 59.5 Å². The predicted octanol–water partition coefficient (Wildman–Crippen LogP) is 3.96. The lowest BCUT2D eigenvalue weighted by molar-refractivity contribution is -0.254. The molecule has 0 radical (unpaired) electrons. The third-order valence-electron chi connectivity index (χ3n) is 7.33. The van der Waals surface area contributed by atoms with Crippen LogP contribution in [0.1, 0.15) is 68.9 Å². The third kappa shape index (κ3) is 7.35. The molecule has 1 heterocycles. The highest BCUT2D eigenvalue weighted by atomic mass is 35.5. The number of esters is 4. The fraction of sp³-hybridized carbons (Fsp3) is 0.452. The number of carbonyl (C=O) groups excluding carboxylic acids is 5. The minimum absolute atomic E-state index is 0.316. The zero-order valence-corrected chi connectivity index (χ0v) is 24.6. The van der Waals surface area contributed by atoms with E-state index in [1.54, 1.807) is 18.2 Å². The van der Waals surface area contributed by atoms with E-state index in [1.165, 1.54) is 27.7 Å².